The smallest absolute Gasteiger partial charge is 0.326 e. The van der Waals surface area contributed by atoms with Crippen LogP contribution >= 0.6 is 0 Å². The monoisotopic (exact) mass is 335 g/mol. The molecule has 0 saturated carbocycles. The lowest BCUT2D eigenvalue weighted by atomic mass is 10.0. The van der Waals surface area contributed by atoms with Gasteiger partial charge in [-0.05, 0) is 49.9 Å². The normalized spacial score (nSPS) is 11.8. The molecule has 1 rings (SSSR count). The van der Waals surface area contributed by atoms with Gasteiger partial charge < -0.3 is 15.2 Å². The molecule has 0 radical (unpaired) electrons. The van der Waals surface area contributed by atoms with Crippen LogP contribution in [0, 0.1) is 5.92 Å². The lowest BCUT2D eigenvalue weighted by Crippen LogP contribution is -2.41. The third-order valence-electron chi connectivity index (χ3n) is 3.42. The number of amides is 1. The van der Waals surface area contributed by atoms with Crippen molar-refractivity contribution in [2.45, 2.75) is 46.1 Å². The summed E-state index contributed by atoms with van der Waals surface area (Å²) < 4.78 is 5.50. The fourth-order valence-corrected chi connectivity index (χ4v) is 2.17. The summed E-state index contributed by atoms with van der Waals surface area (Å²) in [6.45, 7) is 5.66. The van der Waals surface area contributed by atoms with E-state index >= 15 is 0 Å². The molecule has 1 aromatic rings. The Hall–Kier alpha value is -2.37. The molecule has 0 saturated heterocycles. The van der Waals surface area contributed by atoms with E-state index in [1.807, 2.05) is 13.8 Å². The molecule has 1 aromatic carbocycles. The van der Waals surface area contributed by atoms with E-state index in [1.165, 1.54) is 6.92 Å². The van der Waals surface area contributed by atoms with Gasteiger partial charge in [0.25, 0.3) is 0 Å². The van der Waals surface area contributed by atoms with Crippen LogP contribution in [0.5, 0.6) is 5.75 Å². The number of benzene rings is 1. The molecule has 0 fully saturated rings. The number of ketones is 1. The highest BCUT2D eigenvalue weighted by molar-refractivity contribution is 5.94. The Balaban J connectivity index is 2.32. The number of rotatable bonds is 10. The summed E-state index contributed by atoms with van der Waals surface area (Å²) in [4.78, 5) is 34.1. The van der Waals surface area contributed by atoms with Gasteiger partial charge in [-0.1, -0.05) is 13.8 Å². The topological polar surface area (TPSA) is 92.7 Å². The van der Waals surface area contributed by atoms with Crippen molar-refractivity contribution in [3.8, 4) is 5.75 Å². The van der Waals surface area contributed by atoms with Gasteiger partial charge in [0, 0.05) is 12.0 Å². The Kier molecular flexibility index (Phi) is 7.95. The first-order valence-electron chi connectivity index (χ1n) is 8.05. The molecular formula is C18H25NO5. The number of Topliss-reactive ketones (excluding diaryl/α,β-unsaturated/α-hetero) is 1. The minimum Gasteiger partial charge on any atom is -0.494 e. The minimum absolute atomic E-state index is 0.00685. The molecule has 24 heavy (non-hydrogen) atoms. The molecular weight excluding hydrogens is 310 g/mol. The van der Waals surface area contributed by atoms with Crippen molar-refractivity contribution >= 4 is 17.7 Å². The van der Waals surface area contributed by atoms with Crippen LogP contribution in [0.1, 0.15) is 50.4 Å². The number of nitrogens with one attached hydrogen (secondary N) is 1. The van der Waals surface area contributed by atoms with E-state index in [1.54, 1.807) is 24.3 Å². The zero-order valence-electron chi connectivity index (χ0n) is 14.4. The van der Waals surface area contributed by atoms with E-state index in [4.69, 9.17) is 9.84 Å². The molecule has 1 amide bonds. The fraction of sp³-hybridized carbons (Fsp3) is 0.500. The van der Waals surface area contributed by atoms with Gasteiger partial charge in [0.1, 0.15) is 11.8 Å². The molecule has 132 valence electrons. The van der Waals surface area contributed by atoms with Crippen LogP contribution in [0.3, 0.4) is 0 Å². The van der Waals surface area contributed by atoms with Gasteiger partial charge in [0.15, 0.2) is 5.78 Å². The summed E-state index contributed by atoms with van der Waals surface area (Å²) in [6, 6.07) is 5.94. The highest BCUT2D eigenvalue weighted by atomic mass is 16.5. The van der Waals surface area contributed by atoms with Crippen molar-refractivity contribution in [2.24, 2.45) is 5.92 Å². The second-order valence-corrected chi connectivity index (χ2v) is 6.12. The second kappa shape index (κ2) is 9.70. The number of carboxylic acids is 1. The van der Waals surface area contributed by atoms with Crippen LogP contribution in [0.4, 0.5) is 0 Å². The van der Waals surface area contributed by atoms with Crippen molar-refractivity contribution in [1.82, 2.24) is 5.32 Å². The van der Waals surface area contributed by atoms with E-state index in [0.717, 1.165) is 0 Å². The Morgan fingerprint density at radius 1 is 1.17 bits per heavy atom. The van der Waals surface area contributed by atoms with Gasteiger partial charge in [0.05, 0.1) is 6.61 Å². The Morgan fingerprint density at radius 3 is 2.29 bits per heavy atom. The molecule has 0 aliphatic heterocycles. The third kappa shape index (κ3) is 7.26. The summed E-state index contributed by atoms with van der Waals surface area (Å²) in [5.74, 6) is -0.499. The zero-order valence-corrected chi connectivity index (χ0v) is 14.4. The molecule has 6 heteroatoms. The van der Waals surface area contributed by atoms with Gasteiger partial charge in [-0.15, -0.1) is 0 Å². The Labute approximate surface area is 142 Å². The molecule has 0 spiro atoms. The van der Waals surface area contributed by atoms with Crippen LogP contribution in [0.15, 0.2) is 24.3 Å². The Bertz CT molecular complexity index is 565. The molecule has 2 N–H and O–H groups in total. The van der Waals surface area contributed by atoms with Gasteiger partial charge in [-0.25, -0.2) is 4.79 Å². The number of carboxylic acid groups (broad SMARTS) is 1. The Morgan fingerprint density at radius 2 is 1.79 bits per heavy atom. The quantitative estimate of drug-likeness (QED) is 0.506. The van der Waals surface area contributed by atoms with Gasteiger partial charge in [-0.3, -0.25) is 9.59 Å². The highest BCUT2D eigenvalue weighted by Gasteiger charge is 2.20. The fourth-order valence-electron chi connectivity index (χ4n) is 2.17. The predicted octanol–water partition coefficient (Wildman–Crippen LogP) is 2.66. The summed E-state index contributed by atoms with van der Waals surface area (Å²) in [5, 5.41) is 11.6. The second-order valence-electron chi connectivity index (χ2n) is 6.12. The highest BCUT2D eigenvalue weighted by Crippen LogP contribution is 2.13. The van der Waals surface area contributed by atoms with Gasteiger partial charge >= 0.3 is 5.97 Å². The predicted molar refractivity (Wildman–Crippen MR) is 90.2 cm³/mol. The summed E-state index contributed by atoms with van der Waals surface area (Å²) >= 11 is 0. The van der Waals surface area contributed by atoms with Crippen LogP contribution in [0.2, 0.25) is 0 Å². The molecule has 0 aliphatic rings. The van der Waals surface area contributed by atoms with E-state index in [9.17, 15) is 14.4 Å². The SMILES string of the molecule is CC(=O)c1ccc(OCCCC(=O)NC(CC(C)C)C(=O)O)cc1. The van der Waals surface area contributed by atoms with E-state index in [2.05, 4.69) is 5.32 Å². The lowest BCUT2D eigenvalue weighted by Gasteiger charge is -2.16. The van der Waals surface area contributed by atoms with Crippen molar-refractivity contribution < 1.29 is 24.2 Å². The van der Waals surface area contributed by atoms with Gasteiger partial charge in [-0.2, -0.15) is 0 Å². The molecule has 0 aliphatic carbocycles. The maximum absolute atomic E-state index is 11.8. The molecule has 1 unspecified atom stereocenters. The van der Waals surface area contributed by atoms with Crippen LogP contribution in [-0.2, 0) is 9.59 Å². The first-order chi connectivity index (χ1) is 11.3. The van der Waals surface area contributed by atoms with Crippen LogP contribution < -0.4 is 10.1 Å². The van der Waals surface area contributed by atoms with E-state index in [-0.39, 0.29) is 24.0 Å². The van der Waals surface area contributed by atoms with Crippen molar-refractivity contribution in [3.63, 3.8) is 0 Å². The maximum Gasteiger partial charge on any atom is 0.326 e. The first-order valence-corrected chi connectivity index (χ1v) is 8.05. The zero-order chi connectivity index (χ0) is 18.1. The summed E-state index contributed by atoms with van der Waals surface area (Å²) in [7, 11) is 0. The number of hydrogen-bond acceptors (Lipinski definition) is 4. The average Bonchev–Trinajstić information content (AvgIpc) is 2.50. The van der Waals surface area contributed by atoms with E-state index in [0.29, 0.717) is 30.8 Å². The molecule has 1 atom stereocenters. The van der Waals surface area contributed by atoms with Crippen LogP contribution in [0.25, 0.3) is 0 Å². The van der Waals surface area contributed by atoms with Crippen LogP contribution in [-0.4, -0.2) is 35.4 Å². The van der Waals surface area contributed by atoms with Crippen molar-refractivity contribution in [1.29, 1.82) is 0 Å². The molecule has 6 nitrogen and oxygen atoms in total. The first kappa shape index (κ1) is 19.7. The van der Waals surface area contributed by atoms with Crippen molar-refractivity contribution in [3.05, 3.63) is 29.8 Å². The number of ether oxygens (including phenoxy) is 1. The summed E-state index contributed by atoms with van der Waals surface area (Å²) in [5.41, 5.74) is 0.617. The maximum atomic E-state index is 11.8. The van der Waals surface area contributed by atoms with E-state index < -0.39 is 12.0 Å². The lowest BCUT2D eigenvalue weighted by molar-refractivity contribution is -0.142. The van der Waals surface area contributed by atoms with Gasteiger partial charge in [0.2, 0.25) is 5.91 Å². The third-order valence-corrected chi connectivity index (χ3v) is 3.42. The van der Waals surface area contributed by atoms with Crippen molar-refractivity contribution in [2.75, 3.05) is 6.61 Å². The number of aliphatic carboxylic acids is 1. The molecule has 0 bridgehead atoms. The minimum atomic E-state index is -1.01. The average molecular weight is 335 g/mol. The standard InChI is InChI=1S/C18H25NO5/c1-12(2)11-16(18(22)23)19-17(21)5-4-10-24-15-8-6-14(7-9-15)13(3)20/h6-9,12,16H,4-5,10-11H2,1-3H3,(H,19,21)(H,22,23). The molecule has 0 heterocycles. The molecule has 0 aromatic heterocycles. The largest absolute Gasteiger partial charge is 0.494 e. The number of carbonyl (C=O) groups is 3. The number of hydrogen-bond donors (Lipinski definition) is 2. The number of carbonyl (C=O) groups excluding carboxylic acids is 2. The summed E-state index contributed by atoms with van der Waals surface area (Å²) in [6.07, 6.45) is 1.09.